The van der Waals surface area contributed by atoms with Crippen LogP contribution in [0.1, 0.15) is 32.3 Å². The lowest BCUT2D eigenvalue weighted by atomic mass is 10.2. The summed E-state index contributed by atoms with van der Waals surface area (Å²) < 4.78 is 0. The van der Waals surface area contributed by atoms with Crippen LogP contribution < -0.4 is 10.6 Å². The second kappa shape index (κ2) is 6.37. The Labute approximate surface area is 102 Å². The van der Waals surface area contributed by atoms with Crippen LogP contribution in [-0.4, -0.2) is 28.3 Å². The van der Waals surface area contributed by atoms with Crippen molar-refractivity contribution in [3.63, 3.8) is 0 Å². The number of thiocarbonyl (C=S) groups is 1. The molecule has 1 heterocycles. The highest BCUT2D eigenvalue weighted by Gasteiger charge is 2.13. The van der Waals surface area contributed by atoms with Gasteiger partial charge in [0.25, 0.3) is 0 Å². The summed E-state index contributed by atoms with van der Waals surface area (Å²) in [6, 6.07) is 1.82. The van der Waals surface area contributed by atoms with Gasteiger partial charge >= 0.3 is 0 Å². The molecule has 0 aliphatic rings. The van der Waals surface area contributed by atoms with Gasteiger partial charge in [-0.1, -0.05) is 26.1 Å². The molecule has 2 N–H and O–H groups in total. The molecule has 0 aromatic carbocycles. The van der Waals surface area contributed by atoms with Gasteiger partial charge in [-0.15, -0.1) is 5.10 Å². The van der Waals surface area contributed by atoms with Gasteiger partial charge in [0.2, 0.25) is 0 Å². The summed E-state index contributed by atoms with van der Waals surface area (Å²) in [5.74, 6) is 0.804. The number of rotatable bonds is 6. The van der Waals surface area contributed by atoms with Gasteiger partial charge < -0.3 is 10.6 Å². The summed E-state index contributed by atoms with van der Waals surface area (Å²) in [6.07, 6.45) is 3.74. The van der Waals surface area contributed by atoms with Gasteiger partial charge in [0, 0.05) is 13.1 Å². The van der Waals surface area contributed by atoms with Crippen molar-refractivity contribution < 1.29 is 0 Å². The first-order chi connectivity index (χ1) is 7.70. The van der Waals surface area contributed by atoms with Crippen molar-refractivity contribution >= 4 is 23.0 Å². The number of nitrogens with two attached hydrogens (primary N) is 1. The monoisotopic (exact) mass is 238 g/mol. The minimum atomic E-state index is 0.377. The first-order valence-corrected chi connectivity index (χ1v) is 5.98. The van der Waals surface area contributed by atoms with Gasteiger partial charge in [-0.2, -0.15) is 5.10 Å². The number of hydrogen-bond acceptors (Lipinski definition) is 4. The molecule has 1 rings (SSSR count). The summed E-state index contributed by atoms with van der Waals surface area (Å²) >= 11 is 5.02. The number of hydrogen-bond donors (Lipinski definition) is 1. The fraction of sp³-hybridized carbons (Fsp3) is 0.545. The van der Waals surface area contributed by atoms with E-state index in [0.717, 1.165) is 37.3 Å². The van der Waals surface area contributed by atoms with Crippen LogP contribution in [0, 0.1) is 0 Å². The molecular formula is C11H18N4S. The topological polar surface area (TPSA) is 55.0 Å². The van der Waals surface area contributed by atoms with E-state index in [2.05, 4.69) is 28.9 Å². The normalized spacial score (nSPS) is 10.1. The zero-order valence-electron chi connectivity index (χ0n) is 9.81. The van der Waals surface area contributed by atoms with E-state index in [1.807, 2.05) is 6.07 Å². The molecular weight excluding hydrogens is 220 g/mol. The van der Waals surface area contributed by atoms with E-state index in [1.165, 1.54) is 0 Å². The first-order valence-electron chi connectivity index (χ1n) is 5.57. The molecule has 0 aliphatic heterocycles. The third-order valence-electron chi connectivity index (χ3n) is 2.25. The predicted octanol–water partition coefficient (Wildman–Crippen LogP) is 1.74. The molecule has 88 valence electrons. The molecule has 0 unspecified atom stereocenters. The second-order valence-electron chi connectivity index (χ2n) is 3.62. The second-order valence-corrected chi connectivity index (χ2v) is 4.06. The maximum absolute atomic E-state index is 5.68. The van der Waals surface area contributed by atoms with Gasteiger partial charge in [0.1, 0.15) is 4.99 Å². The lowest BCUT2D eigenvalue weighted by Gasteiger charge is -2.23. The highest BCUT2D eigenvalue weighted by Crippen LogP contribution is 2.16. The average molecular weight is 238 g/mol. The lowest BCUT2D eigenvalue weighted by molar-refractivity contribution is 0.725. The summed E-state index contributed by atoms with van der Waals surface area (Å²) in [6.45, 7) is 6.17. The van der Waals surface area contributed by atoms with E-state index in [4.69, 9.17) is 18.0 Å². The fourth-order valence-corrected chi connectivity index (χ4v) is 1.77. The third-order valence-corrected chi connectivity index (χ3v) is 2.47. The van der Waals surface area contributed by atoms with Crippen molar-refractivity contribution in [2.75, 3.05) is 18.0 Å². The molecule has 0 saturated heterocycles. The SMILES string of the molecule is CCCN(CCC)c1nnccc1C(N)=S. The highest BCUT2D eigenvalue weighted by molar-refractivity contribution is 7.80. The number of nitrogens with zero attached hydrogens (tertiary/aromatic N) is 3. The Hall–Kier alpha value is -1.23. The van der Waals surface area contributed by atoms with Crippen LogP contribution in [-0.2, 0) is 0 Å². The maximum atomic E-state index is 5.68. The smallest absolute Gasteiger partial charge is 0.161 e. The summed E-state index contributed by atoms with van der Waals surface area (Å²) in [5, 5.41) is 8.05. The molecule has 0 fully saturated rings. The minimum absolute atomic E-state index is 0.377. The Bertz CT molecular complexity index is 348. The zero-order valence-corrected chi connectivity index (χ0v) is 10.6. The van der Waals surface area contributed by atoms with Crippen LogP contribution in [0.3, 0.4) is 0 Å². The summed E-state index contributed by atoms with van der Waals surface area (Å²) in [7, 11) is 0. The van der Waals surface area contributed by atoms with Crippen molar-refractivity contribution in [3.05, 3.63) is 17.8 Å². The van der Waals surface area contributed by atoms with E-state index in [9.17, 15) is 0 Å². The molecule has 5 heteroatoms. The van der Waals surface area contributed by atoms with Crippen LogP contribution >= 0.6 is 12.2 Å². The lowest BCUT2D eigenvalue weighted by Crippen LogP contribution is -2.29. The fourth-order valence-electron chi connectivity index (χ4n) is 1.61. The van der Waals surface area contributed by atoms with Crippen molar-refractivity contribution in [1.29, 1.82) is 0 Å². The van der Waals surface area contributed by atoms with Crippen molar-refractivity contribution in [3.8, 4) is 0 Å². The van der Waals surface area contributed by atoms with E-state index in [1.54, 1.807) is 6.20 Å². The molecule has 4 nitrogen and oxygen atoms in total. The van der Waals surface area contributed by atoms with Gasteiger partial charge in [0.15, 0.2) is 5.82 Å². The maximum Gasteiger partial charge on any atom is 0.161 e. The molecule has 1 aromatic rings. The molecule has 0 radical (unpaired) electrons. The van der Waals surface area contributed by atoms with E-state index >= 15 is 0 Å². The van der Waals surface area contributed by atoms with Gasteiger partial charge in [0.05, 0.1) is 11.8 Å². The van der Waals surface area contributed by atoms with E-state index < -0.39 is 0 Å². The minimum Gasteiger partial charge on any atom is -0.389 e. The van der Waals surface area contributed by atoms with Crippen molar-refractivity contribution in [2.24, 2.45) is 5.73 Å². The Kier molecular flexibility index (Phi) is 5.11. The average Bonchev–Trinajstić information content (AvgIpc) is 2.29. The van der Waals surface area contributed by atoms with Crippen LogP contribution in [0.5, 0.6) is 0 Å². The zero-order chi connectivity index (χ0) is 12.0. The molecule has 0 bridgehead atoms. The molecule has 0 aliphatic carbocycles. The molecule has 0 atom stereocenters. The molecule has 0 amide bonds. The first kappa shape index (κ1) is 12.8. The Morgan fingerprint density at radius 1 is 1.38 bits per heavy atom. The van der Waals surface area contributed by atoms with Crippen LogP contribution in [0.4, 0.5) is 5.82 Å². The Balaban J connectivity index is 3.02. The standard InChI is InChI=1S/C11H18N4S/c1-3-7-15(8-4-2)11-9(10(12)16)5-6-13-14-11/h5-6H,3-4,7-8H2,1-2H3,(H2,12,16). The van der Waals surface area contributed by atoms with Crippen LogP contribution in [0.25, 0.3) is 0 Å². The van der Waals surface area contributed by atoms with E-state index in [-0.39, 0.29) is 0 Å². The van der Waals surface area contributed by atoms with Crippen LogP contribution in [0.15, 0.2) is 12.3 Å². The van der Waals surface area contributed by atoms with Gasteiger partial charge in [-0.3, -0.25) is 0 Å². The Morgan fingerprint density at radius 2 is 2.00 bits per heavy atom. The quantitative estimate of drug-likeness (QED) is 0.765. The van der Waals surface area contributed by atoms with Crippen molar-refractivity contribution in [1.82, 2.24) is 10.2 Å². The van der Waals surface area contributed by atoms with Gasteiger partial charge in [-0.25, -0.2) is 0 Å². The van der Waals surface area contributed by atoms with Crippen LogP contribution in [0.2, 0.25) is 0 Å². The molecule has 1 aromatic heterocycles. The molecule has 16 heavy (non-hydrogen) atoms. The number of anilines is 1. The largest absolute Gasteiger partial charge is 0.389 e. The third kappa shape index (κ3) is 3.13. The van der Waals surface area contributed by atoms with Crippen molar-refractivity contribution in [2.45, 2.75) is 26.7 Å². The highest BCUT2D eigenvalue weighted by atomic mass is 32.1. The molecule has 0 saturated carbocycles. The van der Waals surface area contributed by atoms with Gasteiger partial charge in [-0.05, 0) is 18.9 Å². The summed E-state index contributed by atoms with van der Waals surface area (Å²) in [5.41, 5.74) is 6.49. The number of aromatic nitrogens is 2. The Morgan fingerprint density at radius 3 is 2.50 bits per heavy atom. The summed E-state index contributed by atoms with van der Waals surface area (Å²) in [4.78, 5) is 2.56. The predicted molar refractivity (Wildman–Crippen MR) is 70.7 cm³/mol. The molecule has 0 spiro atoms. The van der Waals surface area contributed by atoms with E-state index in [0.29, 0.717) is 4.99 Å².